The standard InChI is InChI=1S/C12H23O2/c1-3-4-5-6-7-8-9-10-11-14-12(2)13/h1,3-11H2,2H3. The molecule has 0 aliphatic carbocycles. The zero-order chi connectivity index (χ0) is 10.6. The molecule has 0 aliphatic heterocycles. The molecule has 0 atom stereocenters. The molecule has 0 aromatic heterocycles. The predicted molar refractivity (Wildman–Crippen MR) is 58.9 cm³/mol. The van der Waals surface area contributed by atoms with Crippen LogP contribution in [-0.2, 0) is 9.53 Å². The number of rotatable bonds is 9. The van der Waals surface area contributed by atoms with Crippen LogP contribution < -0.4 is 0 Å². The zero-order valence-electron chi connectivity index (χ0n) is 9.39. The molecule has 0 rings (SSSR count). The summed E-state index contributed by atoms with van der Waals surface area (Å²) in [5.74, 6) is -0.166. The van der Waals surface area contributed by atoms with Gasteiger partial charge in [-0.15, -0.1) is 0 Å². The van der Waals surface area contributed by atoms with Gasteiger partial charge in [-0.05, 0) is 6.42 Å². The van der Waals surface area contributed by atoms with Gasteiger partial charge in [0.1, 0.15) is 0 Å². The van der Waals surface area contributed by atoms with Gasteiger partial charge in [0.2, 0.25) is 0 Å². The van der Waals surface area contributed by atoms with Crippen molar-refractivity contribution in [3.63, 3.8) is 0 Å². The van der Waals surface area contributed by atoms with Gasteiger partial charge >= 0.3 is 5.97 Å². The van der Waals surface area contributed by atoms with Crippen molar-refractivity contribution in [2.75, 3.05) is 6.61 Å². The molecular formula is C12H23O2. The SMILES string of the molecule is [CH2]CCCCCCCCCOC(C)=O. The zero-order valence-corrected chi connectivity index (χ0v) is 9.39. The van der Waals surface area contributed by atoms with E-state index in [2.05, 4.69) is 6.92 Å². The Hall–Kier alpha value is -0.530. The van der Waals surface area contributed by atoms with Gasteiger partial charge in [-0.25, -0.2) is 0 Å². The number of esters is 1. The third-order valence-corrected chi connectivity index (χ3v) is 2.20. The minimum atomic E-state index is -0.166. The first kappa shape index (κ1) is 13.5. The lowest BCUT2D eigenvalue weighted by Gasteiger charge is -2.02. The van der Waals surface area contributed by atoms with Crippen molar-refractivity contribution in [1.29, 1.82) is 0 Å². The molecule has 0 unspecified atom stereocenters. The van der Waals surface area contributed by atoms with E-state index < -0.39 is 0 Å². The fourth-order valence-corrected chi connectivity index (χ4v) is 1.38. The first-order valence-corrected chi connectivity index (χ1v) is 5.70. The highest BCUT2D eigenvalue weighted by atomic mass is 16.5. The van der Waals surface area contributed by atoms with Crippen molar-refractivity contribution in [2.24, 2.45) is 0 Å². The summed E-state index contributed by atoms with van der Waals surface area (Å²) in [6.45, 7) is 5.86. The molecule has 0 aliphatic rings. The summed E-state index contributed by atoms with van der Waals surface area (Å²) in [4.78, 5) is 10.4. The maximum absolute atomic E-state index is 10.4. The Morgan fingerprint density at radius 3 is 2.00 bits per heavy atom. The number of unbranched alkanes of at least 4 members (excludes halogenated alkanes) is 7. The van der Waals surface area contributed by atoms with Gasteiger partial charge in [0, 0.05) is 6.92 Å². The minimum absolute atomic E-state index is 0.166. The molecule has 0 bridgehead atoms. The van der Waals surface area contributed by atoms with Crippen molar-refractivity contribution in [2.45, 2.75) is 58.3 Å². The molecule has 1 radical (unpaired) electrons. The predicted octanol–water partition coefficient (Wildman–Crippen LogP) is 3.50. The molecule has 0 fully saturated rings. The molecular weight excluding hydrogens is 176 g/mol. The van der Waals surface area contributed by atoms with Gasteiger partial charge in [0.15, 0.2) is 0 Å². The van der Waals surface area contributed by atoms with E-state index in [-0.39, 0.29) is 5.97 Å². The average Bonchev–Trinajstić information content (AvgIpc) is 2.15. The van der Waals surface area contributed by atoms with E-state index in [1.54, 1.807) is 0 Å². The lowest BCUT2D eigenvalue weighted by molar-refractivity contribution is -0.141. The smallest absolute Gasteiger partial charge is 0.302 e. The number of carbonyl (C=O) groups excluding carboxylic acids is 1. The van der Waals surface area contributed by atoms with Crippen LogP contribution in [0.5, 0.6) is 0 Å². The van der Waals surface area contributed by atoms with Gasteiger partial charge in [-0.1, -0.05) is 51.9 Å². The van der Waals surface area contributed by atoms with Crippen LogP contribution in [-0.4, -0.2) is 12.6 Å². The Morgan fingerprint density at radius 2 is 1.50 bits per heavy atom. The first-order chi connectivity index (χ1) is 6.77. The van der Waals surface area contributed by atoms with Crippen LogP contribution in [0.3, 0.4) is 0 Å². The van der Waals surface area contributed by atoms with Crippen LogP contribution in [0, 0.1) is 6.92 Å². The number of hydrogen-bond acceptors (Lipinski definition) is 2. The second-order valence-electron chi connectivity index (χ2n) is 3.67. The first-order valence-electron chi connectivity index (χ1n) is 5.70. The third kappa shape index (κ3) is 11.5. The Labute approximate surface area is 88.0 Å². The molecule has 0 aromatic rings. The Balaban J connectivity index is 2.88. The van der Waals surface area contributed by atoms with E-state index in [1.807, 2.05) is 0 Å². The van der Waals surface area contributed by atoms with E-state index in [9.17, 15) is 4.79 Å². The minimum Gasteiger partial charge on any atom is -0.466 e. The molecule has 2 nitrogen and oxygen atoms in total. The Bertz CT molecular complexity index is 132. The van der Waals surface area contributed by atoms with Crippen molar-refractivity contribution in [1.82, 2.24) is 0 Å². The summed E-state index contributed by atoms with van der Waals surface area (Å²) < 4.78 is 4.84. The number of carbonyl (C=O) groups is 1. The topological polar surface area (TPSA) is 26.3 Å². The van der Waals surface area contributed by atoms with Crippen LogP contribution in [0.4, 0.5) is 0 Å². The molecule has 0 aromatic carbocycles. The van der Waals surface area contributed by atoms with Crippen LogP contribution >= 0.6 is 0 Å². The summed E-state index contributed by atoms with van der Waals surface area (Å²) in [5.41, 5.74) is 0. The van der Waals surface area contributed by atoms with Crippen molar-refractivity contribution in [3.8, 4) is 0 Å². The Morgan fingerprint density at radius 1 is 1.00 bits per heavy atom. The number of hydrogen-bond donors (Lipinski definition) is 0. The molecule has 0 saturated heterocycles. The maximum atomic E-state index is 10.4. The van der Waals surface area contributed by atoms with Crippen LogP contribution in [0.25, 0.3) is 0 Å². The molecule has 0 N–H and O–H groups in total. The summed E-state index contributed by atoms with van der Waals surface area (Å²) in [6.07, 6.45) is 9.71. The molecule has 83 valence electrons. The van der Waals surface area contributed by atoms with E-state index in [4.69, 9.17) is 4.74 Å². The summed E-state index contributed by atoms with van der Waals surface area (Å²) in [5, 5.41) is 0. The Kier molecular flexibility index (Phi) is 10.2. The number of ether oxygens (including phenoxy) is 1. The van der Waals surface area contributed by atoms with Gasteiger partial charge in [-0.2, -0.15) is 0 Å². The lowest BCUT2D eigenvalue weighted by Crippen LogP contribution is -1.99. The second kappa shape index (κ2) is 10.6. The normalized spacial score (nSPS) is 10.1. The van der Waals surface area contributed by atoms with Crippen LogP contribution in [0.15, 0.2) is 0 Å². The van der Waals surface area contributed by atoms with E-state index in [0.29, 0.717) is 6.61 Å². The fourth-order valence-electron chi connectivity index (χ4n) is 1.38. The summed E-state index contributed by atoms with van der Waals surface area (Å²) >= 11 is 0. The highest BCUT2D eigenvalue weighted by molar-refractivity contribution is 5.65. The lowest BCUT2D eigenvalue weighted by atomic mass is 10.1. The quantitative estimate of drug-likeness (QED) is 0.419. The summed E-state index contributed by atoms with van der Waals surface area (Å²) in [6, 6.07) is 0. The molecule has 0 amide bonds. The van der Waals surface area contributed by atoms with Crippen LogP contribution in [0.1, 0.15) is 58.3 Å². The largest absolute Gasteiger partial charge is 0.466 e. The van der Waals surface area contributed by atoms with Crippen molar-refractivity contribution < 1.29 is 9.53 Å². The molecule has 2 heteroatoms. The fraction of sp³-hybridized carbons (Fsp3) is 0.833. The molecule has 14 heavy (non-hydrogen) atoms. The summed E-state index contributed by atoms with van der Waals surface area (Å²) in [7, 11) is 0. The average molecular weight is 199 g/mol. The van der Waals surface area contributed by atoms with Crippen LogP contribution in [0.2, 0.25) is 0 Å². The van der Waals surface area contributed by atoms with Gasteiger partial charge in [0.05, 0.1) is 6.61 Å². The molecule has 0 spiro atoms. The molecule has 0 heterocycles. The van der Waals surface area contributed by atoms with Gasteiger partial charge in [-0.3, -0.25) is 4.79 Å². The monoisotopic (exact) mass is 199 g/mol. The third-order valence-electron chi connectivity index (χ3n) is 2.20. The maximum Gasteiger partial charge on any atom is 0.302 e. The van der Waals surface area contributed by atoms with E-state index in [1.165, 1.54) is 45.4 Å². The second-order valence-corrected chi connectivity index (χ2v) is 3.67. The molecule has 0 saturated carbocycles. The van der Waals surface area contributed by atoms with E-state index in [0.717, 1.165) is 12.8 Å². The van der Waals surface area contributed by atoms with Crippen molar-refractivity contribution >= 4 is 5.97 Å². The highest BCUT2D eigenvalue weighted by Gasteiger charge is 1.93. The van der Waals surface area contributed by atoms with Crippen molar-refractivity contribution in [3.05, 3.63) is 6.92 Å². The van der Waals surface area contributed by atoms with E-state index >= 15 is 0 Å². The van der Waals surface area contributed by atoms with Gasteiger partial charge in [0.25, 0.3) is 0 Å². The highest BCUT2D eigenvalue weighted by Crippen LogP contribution is 2.08. The van der Waals surface area contributed by atoms with Gasteiger partial charge < -0.3 is 4.74 Å².